The van der Waals surface area contributed by atoms with E-state index in [1.807, 2.05) is 0 Å². The molecule has 1 amide bonds. The van der Waals surface area contributed by atoms with Crippen molar-refractivity contribution in [1.82, 2.24) is 0 Å². The molecule has 1 aliphatic heterocycles. The molecule has 2 aromatic carbocycles. The van der Waals surface area contributed by atoms with Crippen molar-refractivity contribution in [2.45, 2.75) is 18.4 Å². The van der Waals surface area contributed by atoms with E-state index in [-0.39, 0.29) is 18.9 Å². The highest BCUT2D eigenvalue weighted by Crippen LogP contribution is 2.64. The number of nitrogens with zero attached hydrogens (tertiary/aromatic N) is 1. The summed E-state index contributed by atoms with van der Waals surface area (Å²) in [7, 11) is -4.01. The molecule has 1 unspecified atom stereocenters. The van der Waals surface area contributed by atoms with Crippen LogP contribution in [0.15, 0.2) is 60.6 Å². The normalized spacial score (nSPS) is 16.7. The Morgan fingerprint density at radius 3 is 2.65 bits per heavy atom. The van der Waals surface area contributed by atoms with Gasteiger partial charge in [0.1, 0.15) is 5.75 Å². The standard InChI is InChI=1S/C22H18ClF3NO5PS/c1-2-27(15-5-3-6-16(12-15)32-22(24,25)26)21(28)20(33(29)30-9-4-10-31-33)18-13-34-19-8-7-14(23)11-17(18)19/h2-3,5-8,11-13,20H,1,4,9-10H2. The van der Waals surface area contributed by atoms with Crippen LogP contribution in [0.5, 0.6) is 5.75 Å². The van der Waals surface area contributed by atoms with Crippen LogP contribution in [0, 0.1) is 0 Å². The van der Waals surface area contributed by atoms with E-state index in [9.17, 15) is 22.5 Å². The van der Waals surface area contributed by atoms with Crippen LogP contribution < -0.4 is 9.64 Å². The van der Waals surface area contributed by atoms with Crippen LogP contribution in [0.25, 0.3) is 10.1 Å². The second kappa shape index (κ2) is 9.71. The highest BCUT2D eigenvalue weighted by Gasteiger charge is 2.47. The number of benzene rings is 2. The zero-order valence-corrected chi connectivity index (χ0v) is 19.9. The zero-order valence-electron chi connectivity index (χ0n) is 17.5. The number of amides is 1. The average Bonchev–Trinajstić information content (AvgIpc) is 3.16. The number of carbonyl (C=O) groups excluding carboxylic acids is 1. The van der Waals surface area contributed by atoms with E-state index < -0.39 is 31.3 Å². The first-order chi connectivity index (χ1) is 16.1. The van der Waals surface area contributed by atoms with Gasteiger partial charge in [0.15, 0.2) is 5.66 Å². The van der Waals surface area contributed by atoms with Crippen molar-refractivity contribution < 1.29 is 36.3 Å². The Morgan fingerprint density at radius 1 is 1.24 bits per heavy atom. The van der Waals surface area contributed by atoms with Gasteiger partial charge in [0, 0.05) is 22.0 Å². The number of alkyl halides is 3. The summed E-state index contributed by atoms with van der Waals surface area (Å²) in [6, 6.07) is 9.95. The summed E-state index contributed by atoms with van der Waals surface area (Å²) < 4.78 is 67.7. The topological polar surface area (TPSA) is 65.1 Å². The molecule has 0 radical (unpaired) electrons. The Labute approximate surface area is 202 Å². The van der Waals surface area contributed by atoms with Crippen molar-refractivity contribution in [2.75, 3.05) is 18.1 Å². The SMILES string of the molecule is C=CN(C(=O)C(c1csc2ccc(Cl)cc12)P1(=O)OCCCO1)c1cccc(OC(F)(F)F)c1. The van der Waals surface area contributed by atoms with Crippen molar-refractivity contribution in [3.8, 4) is 5.75 Å². The molecule has 0 saturated carbocycles. The van der Waals surface area contributed by atoms with Crippen molar-refractivity contribution in [1.29, 1.82) is 0 Å². The van der Waals surface area contributed by atoms with E-state index in [1.54, 1.807) is 23.6 Å². The molecule has 2 heterocycles. The molecule has 3 aromatic rings. The van der Waals surface area contributed by atoms with E-state index >= 15 is 0 Å². The van der Waals surface area contributed by atoms with Gasteiger partial charge in [-0.15, -0.1) is 24.5 Å². The second-order valence-corrected chi connectivity index (χ2v) is 10.7. The Hall–Kier alpha value is -2.36. The molecule has 1 saturated heterocycles. The molecule has 180 valence electrons. The number of thiophene rings is 1. The van der Waals surface area contributed by atoms with Crippen LogP contribution in [0.1, 0.15) is 17.6 Å². The quantitative estimate of drug-likeness (QED) is 0.312. The van der Waals surface area contributed by atoms with Crippen molar-refractivity contribution in [2.24, 2.45) is 0 Å². The van der Waals surface area contributed by atoms with E-state index in [0.29, 0.717) is 22.4 Å². The maximum Gasteiger partial charge on any atom is 0.573 e. The Kier molecular flexibility index (Phi) is 7.07. The number of fused-ring (bicyclic) bond motifs is 1. The lowest BCUT2D eigenvalue weighted by molar-refractivity contribution is -0.274. The van der Waals surface area contributed by atoms with Gasteiger partial charge in [-0.2, -0.15) is 0 Å². The fourth-order valence-electron chi connectivity index (χ4n) is 3.59. The van der Waals surface area contributed by atoms with Gasteiger partial charge in [0.2, 0.25) is 0 Å². The summed E-state index contributed by atoms with van der Waals surface area (Å²) in [5.74, 6) is -1.27. The van der Waals surface area contributed by atoms with E-state index in [4.69, 9.17) is 20.6 Å². The van der Waals surface area contributed by atoms with Gasteiger partial charge in [-0.3, -0.25) is 14.3 Å². The third-order valence-electron chi connectivity index (χ3n) is 4.99. The number of halogens is 4. The molecule has 12 heteroatoms. The largest absolute Gasteiger partial charge is 0.573 e. The van der Waals surface area contributed by atoms with E-state index in [0.717, 1.165) is 27.9 Å². The molecule has 6 nitrogen and oxygen atoms in total. The number of ether oxygens (including phenoxy) is 1. The lowest BCUT2D eigenvalue weighted by Crippen LogP contribution is -2.32. The predicted molar refractivity (Wildman–Crippen MR) is 125 cm³/mol. The molecule has 1 aliphatic rings. The number of hydrogen-bond donors (Lipinski definition) is 0. The summed E-state index contributed by atoms with van der Waals surface area (Å²) in [4.78, 5) is 14.8. The molecule has 1 fully saturated rings. The lowest BCUT2D eigenvalue weighted by atomic mass is 10.1. The van der Waals surface area contributed by atoms with E-state index in [1.165, 1.54) is 23.5 Å². The molecule has 4 rings (SSSR count). The summed E-state index contributed by atoms with van der Waals surface area (Å²) in [5.41, 5.74) is -0.981. The lowest BCUT2D eigenvalue weighted by Gasteiger charge is -2.32. The number of anilines is 1. The molecule has 0 N–H and O–H groups in total. The molecule has 0 aliphatic carbocycles. The summed E-state index contributed by atoms with van der Waals surface area (Å²) in [6.07, 6.45) is -3.28. The van der Waals surface area contributed by atoms with Crippen molar-refractivity contribution >= 4 is 52.2 Å². The number of hydrogen-bond acceptors (Lipinski definition) is 6. The first-order valence-corrected chi connectivity index (χ1v) is 12.8. The van der Waals surface area contributed by atoms with Gasteiger partial charge < -0.3 is 13.8 Å². The molecular weight excluding hydrogens is 514 g/mol. The van der Waals surface area contributed by atoms with E-state index in [2.05, 4.69) is 11.3 Å². The highest BCUT2D eigenvalue weighted by molar-refractivity contribution is 7.55. The summed E-state index contributed by atoms with van der Waals surface area (Å²) in [5, 5.41) is 2.69. The molecule has 1 atom stereocenters. The fourth-order valence-corrected chi connectivity index (χ4v) is 6.91. The minimum Gasteiger partial charge on any atom is -0.406 e. The van der Waals surface area contributed by atoms with Crippen molar-refractivity contribution in [3.63, 3.8) is 0 Å². The minimum absolute atomic E-state index is 0.0351. The van der Waals surface area contributed by atoms with Crippen LogP contribution >= 0.6 is 30.5 Å². The smallest absolute Gasteiger partial charge is 0.406 e. The summed E-state index contributed by atoms with van der Waals surface area (Å²) >= 11 is 7.49. The zero-order chi connectivity index (χ0) is 24.5. The molecule has 0 bridgehead atoms. The van der Waals surface area contributed by atoms with Crippen LogP contribution in [0.3, 0.4) is 0 Å². The van der Waals surface area contributed by atoms with Crippen LogP contribution in [0.4, 0.5) is 18.9 Å². The molecule has 0 spiro atoms. The van der Waals surface area contributed by atoms with Gasteiger partial charge >= 0.3 is 14.0 Å². The van der Waals surface area contributed by atoms with Gasteiger partial charge in [-0.1, -0.05) is 24.2 Å². The van der Waals surface area contributed by atoms with Gasteiger partial charge in [0.05, 0.1) is 18.9 Å². The maximum atomic E-state index is 13.8. The monoisotopic (exact) mass is 531 g/mol. The fraction of sp³-hybridized carbons (Fsp3) is 0.227. The minimum atomic E-state index is -4.91. The third kappa shape index (κ3) is 5.16. The van der Waals surface area contributed by atoms with Crippen LogP contribution in [0.2, 0.25) is 5.02 Å². The second-order valence-electron chi connectivity index (χ2n) is 7.23. The summed E-state index contributed by atoms with van der Waals surface area (Å²) in [6.45, 7) is 3.89. The van der Waals surface area contributed by atoms with Gasteiger partial charge in [0.25, 0.3) is 5.91 Å². The van der Waals surface area contributed by atoms with Crippen molar-refractivity contribution in [3.05, 3.63) is 71.2 Å². The highest BCUT2D eigenvalue weighted by atomic mass is 35.5. The third-order valence-corrected chi connectivity index (χ3v) is 8.42. The number of rotatable bonds is 6. The first-order valence-electron chi connectivity index (χ1n) is 9.98. The van der Waals surface area contributed by atoms with Crippen LogP contribution in [-0.4, -0.2) is 25.5 Å². The van der Waals surface area contributed by atoms with Crippen LogP contribution in [-0.2, 0) is 18.4 Å². The Balaban J connectivity index is 1.80. The first kappa shape index (κ1) is 24.8. The Bertz CT molecular complexity index is 1270. The number of carbonyl (C=O) groups is 1. The van der Waals surface area contributed by atoms with Gasteiger partial charge in [-0.25, -0.2) is 0 Å². The average molecular weight is 532 g/mol. The maximum absolute atomic E-state index is 13.8. The Morgan fingerprint density at radius 2 is 1.97 bits per heavy atom. The van der Waals surface area contributed by atoms with Gasteiger partial charge in [-0.05, 0) is 53.1 Å². The molecule has 1 aromatic heterocycles. The molecular formula is C22H18ClF3NO5PS. The predicted octanol–water partition coefficient (Wildman–Crippen LogP) is 7.30. The molecule has 34 heavy (non-hydrogen) atoms.